The molecule has 3 N–H and O–H groups in total. The Morgan fingerprint density at radius 1 is 1.25 bits per heavy atom. The number of rotatable bonds is 4. The molecular formula is C14H15N5O. The van der Waals surface area contributed by atoms with Crippen molar-refractivity contribution in [2.45, 2.75) is 13.3 Å². The second-order valence-electron chi connectivity index (χ2n) is 4.54. The van der Waals surface area contributed by atoms with Gasteiger partial charge in [0, 0.05) is 24.0 Å². The van der Waals surface area contributed by atoms with Crippen molar-refractivity contribution in [3.63, 3.8) is 0 Å². The average molecular weight is 269 g/mol. The highest BCUT2D eigenvalue weighted by molar-refractivity contribution is 5.99. The molecule has 1 aliphatic rings. The zero-order valence-corrected chi connectivity index (χ0v) is 11.1. The molecule has 2 heterocycles. The van der Waals surface area contributed by atoms with Gasteiger partial charge in [0.15, 0.2) is 0 Å². The highest BCUT2D eigenvalue weighted by Gasteiger charge is 2.17. The van der Waals surface area contributed by atoms with Crippen LogP contribution in [0.15, 0.2) is 30.6 Å². The summed E-state index contributed by atoms with van der Waals surface area (Å²) in [5.41, 5.74) is 2.79. The fraction of sp³-hybridized carbons (Fsp3) is 0.214. The lowest BCUT2D eigenvalue weighted by Gasteiger charge is -2.08. The molecule has 0 saturated heterocycles. The number of hydrogen-bond acceptors (Lipinski definition) is 5. The Hall–Kier alpha value is -2.63. The van der Waals surface area contributed by atoms with Crippen molar-refractivity contribution >= 4 is 28.9 Å². The highest BCUT2D eigenvalue weighted by atomic mass is 16.1. The van der Waals surface area contributed by atoms with E-state index in [1.165, 1.54) is 6.33 Å². The van der Waals surface area contributed by atoms with Crippen LogP contribution in [0.25, 0.3) is 0 Å². The second kappa shape index (κ2) is 5.16. The first-order valence-electron chi connectivity index (χ1n) is 6.50. The largest absolute Gasteiger partial charge is 0.370 e. The van der Waals surface area contributed by atoms with Crippen molar-refractivity contribution in [2.75, 3.05) is 22.5 Å². The third kappa shape index (κ3) is 2.54. The average Bonchev–Trinajstić information content (AvgIpc) is 2.79. The first-order chi connectivity index (χ1) is 9.74. The van der Waals surface area contributed by atoms with Crippen LogP contribution in [0.4, 0.5) is 23.0 Å². The van der Waals surface area contributed by atoms with E-state index in [-0.39, 0.29) is 5.91 Å². The summed E-state index contributed by atoms with van der Waals surface area (Å²) in [6.07, 6.45) is 1.94. The standard InChI is InChI=1S/C14H15N5O/c1-2-15-12-7-13(17-8-16-12)18-10-3-4-11-9(5-10)6-14(20)19-11/h3-5,7-8H,2,6H2,1H3,(H,19,20)(H2,15,16,17,18). The lowest BCUT2D eigenvalue weighted by atomic mass is 10.1. The van der Waals surface area contributed by atoms with E-state index in [4.69, 9.17) is 0 Å². The topological polar surface area (TPSA) is 78.9 Å². The predicted octanol–water partition coefficient (Wildman–Crippen LogP) is 2.15. The first-order valence-corrected chi connectivity index (χ1v) is 6.50. The van der Waals surface area contributed by atoms with Gasteiger partial charge in [-0.2, -0.15) is 0 Å². The van der Waals surface area contributed by atoms with Gasteiger partial charge in [0.05, 0.1) is 6.42 Å². The predicted molar refractivity (Wildman–Crippen MR) is 78.3 cm³/mol. The summed E-state index contributed by atoms with van der Waals surface area (Å²) in [6, 6.07) is 7.62. The van der Waals surface area contributed by atoms with Crippen LogP contribution in [0.2, 0.25) is 0 Å². The quantitative estimate of drug-likeness (QED) is 0.792. The van der Waals surface area contributed by atoms with Crippen LogP contribution in [-0.4, -0.2) is 22.4 Å². The molecule has 0 spiro atoms. The molecule has 1 aromatic carbocycles. The maximum Gasteiger partial charge on any atom is 0.228 e. The molecule has 0 bridgehead atoms. The maximum atomic E-state index is 11.3. The van der Waals surface area contributed by atoms with E-state index in [0.29, 0.717) is 12.2 Å². The van der Waals surface area contributed by atoms with Gasteiger partial charge in [-0.15, -0.1) is 0 Å². The molecule has 6 nitrogen and oxygen atoms in total. The normalized spacial score (nSPS) is 12.8. The van der Waals surface area contributed by atoms with Crippen molar-refractivity contribution in [1.82, 2.24) is 9.97 Å². The third-order valence-electron chi connectivity index (χ3n) is 3.03. The summed E-state index contributed by atoms with van der Waals surface area (Å²) in [5, 5.41) is 9.16. The Bertz CT molecular complexity index is 656. The van der Waals surface area contributed by atoms with Crippen LogP contribution in [0, 0.1) is 0 Å². The Morgan fingerprint density at radius 2 is 2.10 bits per heavy atom. The number of aromatic nitrogens is 2. The van der Waals surface area contributed by atoms with E-state index in [2.05, 4.69) is 25.9 Å². The van der Waals surface area contributed by atoms with Crippen molar-refractivity contribution < 1.29 is 4.79 Å². The van der Waals surface area contributed by atoms with Gasteiger partial charge < -0.3 is 16.0 Å². The molecule has 102 valence electrons. The fourth-order valence-electron chi connectivity index (χ4n) is 2.16. The molecule has 0 atom stereocenters. The number of nitrogens with one attached hydrogen (secondary N) is 3. The molecule has 0 fully saturated rings. The van der Waals surface area contributed by atoms with E-state index in [9.17, 15) is 4.79 Å². The first kappa shape index (κ1) is 12.4. The van der Waals surface area contributed by atoms with Gasteiger partial charge in [0.1, 0.15) is 18.0 Å². The van der Waals surface area contributed by atoms with Gasteiger partial charge in [-0.05, 0) is 30.7 Å². The zero-order valence-electron chi connectivity index (χ0n) is 11.1. The minimum atomic E-state index is 0.0358. The summed E-state index contributed by atoms with van der Waals surface area (Å²) >= 11 is 0. The van der Waals surface area contributed by atoms with E-state index < -0.39 is 0 Å². The van der Waals surface area contributed by atoms with Gasteiger partial charge in [-0.3, -0.25) is 4.79 Å². The highest BCUT2D eigenvalue weighted by Crippen LogP contribution is 2.27. The fourth-order valence-corrected chi connectivity index (χ4v) is 2.16. The molecule has 0 aliphatic carbocycles. The van der Waals surface area contributed by atoms with Crippen LogP contribution >= 0.6 is 0 Å². The number of hydrogen-bond donors (Lipinski definition) is 3. The van der Waals surface area contributed by atoms with E-state index in [0.717, 1.165) is 29.3 Å². The van der Waals surface area contributed by atoms with Gasteiger partial charge >= 0.3 is 0 Å². The van der Waals surface area contributed by atoms with Crippen LogP contribution in [0.1, 0.15) is 12.5 Å². The smallest absolute Gasteiger partial charge is 0.228 e. The van der Waals surface area contributed by atoms with Gasteiger partial charge in [-0.1, -0.05) is 0 Å². The number of benzene rings is 1. The van der Waals surface area contributed by atoms with Crippen molar-refractivity contribution in [3.8, 4) is 0 Å². The molecule has 2 aromatic rings. The van der Waals surface area contributed by atoms with Gasteiger partial charge in [0.25, 0.3) is 0 Å². The number of fused-ring (bicyclic) bond motifs is 1. The third-order valence-corrected chi connectivity index (χ3v) is 3.03. The Kier molecular flexibility index (Phi) is 3.20. The number of nitrogens with zero attached hydrogens (tertiary/aromatic N) is 2. The van der Waals surface area contributed by atoms with E-state index >= 15 is 0 Å². The summed E-state index contributed by atoms with van der Waals surface area (Å²) in [7, 11) is 0. The second-order valence-corrected chi connectivity index (χ2v) is 4.54. The molecule has 20 heavy (non-hydrogen) atoms. The summed E-state index contributed by atoms with van der Waals surface area (Å²) in [4.78, 5) is 19.6. The van der Waals surface area contributed by atoms with Crippen molar-refractivity contribution in [3.05, 3.63) is 36.2 Å². The lowest BCUT2D eigenvalue weighted by Crippen LogP contribution is -2.03. The summed E-state index contributed by atoms with van der Waals surface area (Å²) in [6.45, 7) is 2.82. The zero-order chi connectivity index (χ0) is 13.9. The Balaban J connectivity index is 1.80. The molecule has 1 amide bonds. The van der Waals surface area contributed by atoms with Crippen LogP contribution < -0.4 is 16.0 Å². The molecular weight excluding hydrogens is 254 g/mol. The van der Waals surface area contributed by atoms with Crippen LogP contribution in [0.5, 0.6) is 0 Å². The molecule has 6 heteroatoms. The number of anilines is 4. The molecule has 1 aromatic heterocycles. The molecule has 0 radical (unpaired) electrons. The maximum absolute atomic E-state index is 11.3. The monoisotopic (exact) mass is 269 g/mol. The van der Waals surface area contributed by atoms with Gasteiger partial charge in [0.2, 0.25) is 5.91 Å². The lowest BCUT2D eigenvalue weighted by molar-refractivity contribution is -0.115. The number of amides is 1. The van der Waals surface area contributed by atoms with Crippen molar-refractivity contribution in [2.24, 2.45) is 0 Å². The van der Waals surface area contributed by atoms with E-state index in [1.807, 2.05) is 31.2 Å². The van der Waals surface area contributed by atoms with Crippen LogP contribution in [0.3, 0.4) is 0 Å². The van der Waals surface area contributed by atoms with Crippen LogP contribution in [-0.2, 0) is 11.2 Å². The molecule has 0 saturated carbocycles. The Morgan fingerprint density at radius 3 is 2.95 bits per heavy atom. The molecule has 0 unspecified atom stereocenters. The molecule has 3 rings (SSSR count). The Labute approximate surface area is 116 Å². The minimum Gasteiger partial charge on any atom is -0.370 e. The summed E-state index contributed by atoms with van der Waals surface area (Å²) < 4.78 is 0. The minimum absolute atomic E-state index is 0.0358. The molecule has 1 aliphatic heterocycles. The summed E-state index contributed by atoms with van der Waals surface area (Å²) in [5.74, 6) is 1.53. The number of carbonyl (C=O) groups excluding carboxylic acids is 1. The van der Waals surface area contributed by atoms with Crippen molar-refractivity contribution in [1.29, 1.82) is 0 Å². The van der Waals surface area contributed by atoms with Gasteiger partial charge in [-0.25, -0.2) is 9.97 Å². The number of carbonyl (C=O) groups is 1. The van der Waals surface area contributed by atoms with E-state index in [1.54, 1.807) is 0 Å². The SMILES string of the molecule is CCNc1cc(Nc2ccc3c(c2)CC(=O)N3)ncn1.